The molecule has 0 aliphatic heterocycles. The fourth-order valence-electron chi connectivity index (χ4n) is 2.00. The van der Waals surface area contributed by atoms with Crippen LogP contribution in [0.4, 0.5) is 0 Å². The van der Waals surface area contributed by atoms with Gasteiger partial charge in [-0.05, 0) is 53.2 Å². The van der Waals surface area contributed by atoms with Crippen molar-refractivity contribution in [3.8, 4) is 5.75 Å². The molecule has 1 aromatic heterocycles. The van der Waals surface area contributed by atoms with Gasteiger partial charge in [-0.3, -0.25) is 0 Å². The minimum atomic E-state index is 0.365. The second-order valence-corrected chi connectivity index (χ2v) is 5.90. The number of hydrogen-bond donors (Lipinski definition) is 0. The van der Waals surface area contributed by atoms with Crippen molar-refractivity contribution in [3.05, 3.63) is 63.3 Å². The normalized spacial score (nSPS) is 10.8. The van der Waals surface area contributed by atoms with Gasteiger partial charge in [0.05, 0.1) is 26.9 Å². The molecule has 2 aromatic carbocycles. The summed E-state index contributed by atoms with van der Waals surface area (Å²) < 4.78 is 6.62. The Bertz CT molecular complexity index is 807. The van der Waals surface area contributed by atoms with Crippen molar-refractivity contribution >= 4 is 38.6 Å². The topological polar surface area (TPSA) is 35.0 Å². The Labute approximate surface area is 136 Å². The first kappa shape index (κ1) is 14.3. The lowest BCUT2D eigenvalue weighted by atomic mass is 10.2. The Morgan fingerprint density at radius 1 is 1.10 bits per heavy atom. The van der Waals surface area contributed by atoms with Crippen LogP contribution in [-0.4, -0.2) is 9.97 Å². The fraction of sp³-hybridized carbons (Fsp3) is 0.125. The van der Waals surface area contributed by atoms with E-state index < -0.39 is 0 Å². The first-order valence-electron chi connectivity index (χ1n) is 6.43. The molecule has 0 bridgehead atoms. The van der Waals surface area contributed by atoms with E-state index in [1.54, 1.807) is 12.1 Å². The Morgan fingerprint density at radius 2 is 1.81 bits per heavy atom. The average Bonchev–Trinajstić information content (AvgIpc) is 2.46. The fourth-order valence-corrected chi connectivity index (χ4v) is 2.80. The maximum Gasteiger partial charge on any atom is 0.134 e. The first-order valence-corrected chi connectivity index (χ1v) is 7.61. The SMILES string of the molecule is Cc1nc2ccccc2nc1COc1ccc(Cl)cc1Br. The predicted octanol–water partition coefficient (Wildman–Crippen LogP) is 4.93. The van der Waals surface area contributed by atoms with Gasteiger partial charge < -0.3 is 4.74 Å². The molecule has 0 saturated carbocycles. The van der Waals surface area contributed by atoms with Crippen molar-refractivity contribution < 1.29 is 4.74 Å². The highest BCUT2D eigenvalue weighted by atomic mass is 79.9. The largest absolute Gasteiger partial charge is 0.486 e. The van der Waals surface area contributed by atoms with Gasteiger partial charge in [-0.1, -0.05) is 23.7 Å². The number of rotatable bonds is 3. The van der Waals surface area contributed by atoms with Gasteiger partial charge in [-0.25, -0.2) is 9.97 Å². The van der Waals surface area contributed by atoms with Crippen LogP contribution < -0.4 is 4.74 Å². The standard InChI is InChI=1S/C16H12BrClN2O/c1-10-15(20-14-5-3-2-4-13(14)19-10)9-21-16-7-6-11(18)8-12(16)17/h2-8H,9H2,1H3. The van der Waals surface area contributed by atoms with Crippen LogP contribution in [0.1, 0.15) is 11.4 Å². The van der Waals surface area contributed by atoms with Gasteiger partial charge in [0.15, 0.2) is 0 Å². The van der Waals surface area contributed by atoms with Crippen LogP contribution in [0.3, 0.4) is 0 Å². The van der Waals surface area contributed by atoms with Crippen molar-refractivity contribution in [2.75, 3.05) is 0 Å². The number of halogens is 2. The minimum Gasteiger partial charge on any atom is -0.486 e. The highest BCUT2D eigenvalue weighted by Crippen LogP contribution is 2.28. The molecule has 0 spiro atoms. The van der Waals surface area contributed by atoms with E-state index in [9.17, 15) is 0 Å². The number of aryl methyl sites for hydroxylation is 1. The van der Waals surface area contributed by atoms with Gasteiger partial charge in [-0.15, -0.1) is 0 Å². The summed E-state index contributed by atoms with van der Waals surface area (Å²) >= 11 is 9.35. The third-order valence-corrected chi connectivity index (χ3v) is 3.96. The molecule has 0 aliphatic rings. The number of hydrogen-bond acceptors (Lipinski definition) is 3. The van der Waals surface area contributed by atoms with E-state index in [1.807, 2.05) is 37.3 Å². The zero-order valence-electron chi connectivity index (χ0n) is 11.3. The molecule has 5 heteroatoms. The molecule has 0 atom stereocenters. The summed E-state index contributed by atoms with van der Waals surface area (Å²) in [6.07, 6.45) is 0. The number of ether oxygens (including phenoxy) is 1. The second-order valence-electron chi connectivity index (χ2n) is 4.61. The third-order valence-electron chi connectivity index (χ3n) is 3.10. The summed E-state index contributed by atoms with van der Waals surface area (Å²) in [5, 5.41) is 0.663. The molecule has 0 fully saturated rings. The maximum atomic E-state index is 5.92. The van der Waals surface area contributed by atoms with Gasteiger partial charge in [0, 0.05) is 5.02 Å². The summed E-state index contributed by atoms with van der Waals surface area (Å²) in [6, 6.07) is 13.2. The van der Waals surface area contributed by atoms with E-state index in [0.717, 1.165) is 32.6 Å². The van der Waals surface area contributed by atoms with E-state index in [0.29, 0.717) is 11.6 Å². The van der Waals surface area contributed by atoms with Gasteiger partial charge in [0.2, 0.25) is 0 Å². The van der Waals surface area contributed by atoms with E-state index in [2.05, 4.69) is 25.9 Å². The third kappa shape index (κ3) is 3.17. The molecular weight excluding hydrogens is 352 g/mol. The number of fused-ring (bicyclic) bond motifs is 1. The maximum absolute atomic E-state index is 5.92. The quantitative estimate of drug-likeness (QED) is 0.661. The first-order chi connectivity index (χ1) is 10.1. The zero-order chi connectivity index (χ0) is 14.8. The average molecular weight is 364 g/mol. The van der Waals surface area contributed by atoms with Crippen LogP contribution in [0.5, 0.6) is 5.75 Å². The van der Waals surface area contributed by atoms with E-state index in [-0.39, 0.29) is 0 Å². The Kier molecular flexibility index (Phi) is 4.08. The number of nitrogens with zero attached hydrogens (tertiary/aromatic N) is 2. The molecule has 106 valence electrons. The lowest BCUT2D eigenvalue weighted by molar-refractivity contribution is 0.298. The van der Waals surface area contributed by atoms with Crippen LogP contribution in [0.25, 0.3) is 11.0 Å². The van der Waals surface area contributed by atoms with Gasteiger partial charge in [0.25, 0.3) is 0 Å². The van der Waals surface area contributed by atoms with Crippen molar-refractivity contribution in [3.63, 3.8) is 0 Å². The molecule has 0 unspecified atom stereocenters. The van der Waals surface area contributed by atoms with Crippen molar-refractivity contribution in [2.24, 2.45) is 0 Å². The minimum absolute atomic E-state index is 0.365. The van der Waals surface area contributed by atoms with Gasteiger partial charge in [0.1, 0.15) is 12.4 Å². The molecular formula is C16H12BrClN2O. The molecule has 1 heterocycles. The molecule has 0 N–H and O–H groups in total. The number of benzene rings is 2. The molecule has 0 radical (unpaired) electrons. The molecule has 0 saturated heterocycles. The molecule has 0 amide bonds. The van der Waals surface area contributed by atoms with E-state index >= 15 is 0 Å². The van der Waals surface area contributed by atoms with Crippen molar-refractivity contribution in [2.45, 2.75) is 13.5 Å². The smallest absolute Gasteiger partial charge is 0.134 e. The molecule has 0 aliphatic carbocycles. The highest BCUT2D eigenvalue weighted by molar-refractivity contribution is 9.10. The van der Waals surface area contributed by atoms with Gasteiger partial charge in [-0.2, -0.15) is 0 Å². The Balaban J connectivity index is 1.86. The van der Waals surface area contributed by atoms with Crippen LogP contribution in [0.2, 0.25) is 5.02 Å². The monoisotopic (exact) mass is 362 g/mol. The van der Waals surface area contributed by atoms with Crippen molar-refractivity contribution in [1.82, 2.24) is 9.97 Å². The van der Waals surface area contributed by atoms with Gasteiger partial charge >= 0.3 is 0 Å². The molecule has 3 aromatic rings. The Morgan fingerprint density at radius 3 is 2.52 bits per heavy atom. The van der Waals surface area contributed by atoms with E-state index in [4.69, 9.17) is 16.3 Å². The zero-order valence-corrected chi connectivity index (χ0v) is 13.6. The van der Waals surface area contributed by atoms with Crippen LogP contribution >= 0.6 is 27.5 Å². The lowest BCUT2D eigenvalue weighted by Gasteiger charge is -2.10. The number of para-hydroxylation sites is 2. The van der Waals surface area contributed by atoms with E-state index in [1.165, 1.54) is 0 Å². The van der Waals surface area contributed by atoms with Crippen molar-refractivity contribution in [1.29, 1.82) is 0 Å². The molecule has 3 rings (SSSR count). The molecule has 3 nitrogen and oxygen atoms in total. The van der Waals surface area contributed by atoms with Crippen LogP contribution in [0, 0.1) is 6.92 Å². The van der Waals surface area contributed by atoms with Crippen LogP contribution in [-0.2, 0) is 6.61 Å². The van der Waals surface area contributed by atoms with Crippen LogP contribution in [0.15, 0.2) is 46.9 Å². The summed E-state index contributed by atoms with van der Waals surface area (Å²) in [4.78, 5) is 9.16. The number of aromatic nitrogens is 2. The summed E-state index contributed by atoms with van der Waals surface area (Å²) in [6.45, 7) is 2.30. The lowest BCUT2D eigenvalue weighted by Crippen LogP contribution is -2.03. The summed E-state index contributed by atoms with van der Waals surface area (Å²) in [5.74, 6) is 0.730. The highest BCUT2D eigenvalue weighted by Gasteiger charge is 2.07. The second kappa shape index (κ2) is 6.00. The predicted molar refractivity (Wildman–Crippen MR) is 87.8 cm³/mol. The molecule has 21 heavy (non-hydrogen) atoms. The summed E-state index contributed by atoms with van der Waals surface area (Å²) in [7, 11) is 0. The summed E-state index contributed by atoms with van der Waals surface area (Å²) in [5.41, 5.74) is 3.47. The Hall–Kier alpha value is -1.65.